The average molecular weight is 390 g/mol. The van der Waals surface area contributed by atoms with Crippen molar-refractivity contribution in [3.05, 3.63) is 50.1 Å². The van der Waals surface area contributed by atoms with Crippen LogP contribution in [0.2, 0.25) is 0 Å². The fourth-order valence-corrected chi connectivity index (χ4v) is 3.04. The summed E-state index contributed by atoms with van der Waals surface area (Å²) in [6, 6.07) is 3.63. The molecule has 140 valence electrons. The zero-order chi connectivity index (χ0) is 19.6. The Kier molecular flexibility index (Phi) is 5.50. The number of nitrogens with zero attached hydrogens (tertiary/aromatic N) is 2. The van der Waals surface area contributed by atoms with Crippen LogP contribution in [0.1, 0.15) is 31.4 Å². The van der Waals surface area contributed by atoms with Crippen molar-refractivity contribution in [1.29, 1.82) is 0 Å². The number of ketones is 1. The molecule has 0 atom stereocenters. The molecule has 0 spiro atoms. The second-order valence-electron chi connectivity index (χ2n) is 5.38. The van der Waals surface area contributed by atoms with Crippen LogP contribution in [0, 0.1) is 24.0 Å². The molecule has 26 heavy (non-hydrogen) atoms. The number of nitro groups is 1. The van der Waals surface area contributed by atoms with E-state index in [1.165, 1.54) is 26.0 Å². The zero-order valence-electron chi connectivity index (χ0n) is 13.6. The lowest BCUT2D eigenvalue weighted by molar-refractivity contribution is -0.380. The number of esters is 1. The van der Waals surface area contributed by atoms with Gasteiger partial charge < -0.3 is 9.30 Å². The molecule has 2 heterocycles. The third kappa shape index (κ3) is 4.48. The monoisotopic (exact) mass is 390 g/mol. The van der Waals surface area contributed by atoms with E-state index >= 15 is 0 Å². The number of halogens is 3. The molecule has 2 aromatic heterocycles. The molecule has 0 saturated carbocycles. The summed E-state index contributed by atoms with van der Waals surface area (Å²) >= 11 is 0.599. The molecule has 7 nitrogen and oxygen atoms in total. The molecular weight excluding hydrogens is 377 g/mol. The van der Waals surface area contributed by atoms with Gasteiger partial charge in [0.15, 0.2) is 6.61 Å². The Morgan fingerprint density at radius 1 is 1.31 bits per heavy atom. The molecule has 0 fully saturated rings. The van der Waals surface area contributed by atoms with Gasteiger partial charge in [-0.15, -0.1) is 0 Å². The topological polar surface area (TPSA) is 91.4 Å². The average Bonchev–Trinajstić information content (AvgIpc) is 3.12. The van der Waals surface area contributed by atoms with Crippen LogP contribution in [0.15, 0.2) is 18.2 Å². The van der Waals surface area contributed by atoms with Gasteiger partial charge in [-0.05, 0) is 26.0 Å². The molecule has 0 bridgehead atoms. The molecular formula is C15H13F3N2O5S. The van der Waals surface area contributed by atoms with E-state index in [2.05, 4.69) is 0 Å². The van der Waals surface area contributed by atoms with Gasteiger partial charge in [0, 0.05) is 23.0 Å². The summed E-state index contributed by atoms with van der Waals surface area (Å²) in [5.74, 6) is -1.58. The maximum atomic E-state index is 12.6. The molecule has 0 saturated heterocycles. The summed E-state index contributed by atoms with van der Waals surface area (Å²) in [4.78, 5) is 33.9. The Morgan fingerprint density at radius 2 is 1.96 bits per heavy atom. The molecule has 0 unspecified atom stereocenters. The molecule has 2 aromatic rings. The normalized spacial score (nSPS) is 11.4. The number of rotatable bonds is 6. The number of hydrogen-bond acceptors (Lipinski definition) is 6. The Balaban J connectivity index is 2.07. The molecule has 0 radical (unpaired) electrons. The fourth-order valence-electron chi connectivity index (χ4n) is 2.32. The van der Waals surface area contributed by atoms with E-state index in [9.17, 15) is 32.9 Å². The predicted molar refractivity (Wildman–Crippen MR) is 85.5 cm³/mol. The van der Waals surface area contributed by atoms with E-state index in [0.29, 0.717) is 11.3 Å². The van der Waals surface area contributed by atoms with Gasteiger partial charge in [-0.2, -0.15) is 13.2 Å². The molecule has 0 aliphatic rings. The van der Waals surface area contributed by atoms with Crippen molar-refractivity contribution in [2.24, 2.45) is 0 Å². The minimum atomic E-state index is -4.44. The van der Waals surface area contributed by atoms with Gasteiger partial charge in [0.25, 0.3) is 0 Å². The Morgan fingerprint density at radius 3 is 2.50 bits per heavy atom. The number of alkyl halides is 3. The third-order valence-corrected chi connectivity index (χ3v) is 4.54. The molecule has 0 aliphatic carbocycles. The number of aryl methyl sites for hydroxylation is 1. The predicted octanol–water partition coefficient (Wildman–Crippen LogP) is 3.68. The number of thiophene rings is 1. The van der Waals surface area contributed by atoms with Crippen molar-refractivity contribution in [2.45, 2.75) is 26.6 Å². The van der Waals surface area contributed by atoms with E-state index in [1.54, 1.807) is 0 Å². The number of Topliss-reactive ketones (excluding diaryl/α,β-unsaturated/α-hetero) is 1. The molecule has 0 N–H and O–H groups in total. The Labute approximate surface area is 149 Å². The van der Waals surface area contributed by atoms with Gasteiger partial charge in [0.2, 0.25) is 5.78 Å². The van der Waals surface area contributed by atoms with Gasteiger partial charge >= 0.3 is 17.1 Å². The maximum absolute atomic E-state index is 12.6. The zero-order valence-corrected chi connectivity index (χ0v) is 14.4. The largest absolute Gasteiger partial charge is 0.453 e. The highest BCUT2D eigenvalue weighted by molar-refractivity contribution is 7.17. The first-order chi connectivity index (χ1) is 12.0. The molecule has 11 heteroatoms. The number of ether oxygens (including phenoxy) is 1. The lowest BCUT2D eigenvalue weighted by atomic mass is 10.1. The van der Waals surface area contributed by atoms with E-state index in [0.717, 1.165) is 10.6 Å². The molecule has 2 rings (SSSR count). The van der Waals surface area contributed by atoms with E-state index in [1.807, 2.05) is 0 Å². The fraction of sp³-hybridized carbons (Fsp3) is 0.333. The first-order valence-electron chi connectivity index (χ1n) is 7.17. The van der Waals surface area contributed by atoms with E-state index in [4.69, 9.17) is 4.74 Å². The first-order valence-corrected chi connectivity index (χ1v) is 7.99. The number of aromatic nitrogens is 1. The van der Waals surface area contributed by atoms with Crippen LogP contribution in [-0.4, -0.2) is 34.0 Å². The smallest absolute Gasteiger partial charge is 0.406 e. The SMILES string of the molecule is Cc1cc(C(=O)COC(=O)c2ccc([N+](=O)[O-])s2)c(C)n1CC(F)(F)F. The minimum absolute atomic E-state index is 0.0247. The van der Waals surface area contributed by atoms with Gasteiger partial charge in [0.1, 0.15) is 11.4 Å². The molecule has 0 aliphatic heterocycles. The van der Waals surface area contributed by atoms with Crippen LogP contribution in [0.4, 0.5) is 18.2 Å². The highest BCUT2D eigenvalue weighted by Gasteiger charge is 2.30. The van der Waals surface area contributed by atoms with Crippen molar-refractivity contribution in [3.8, 4) is 0 Å². The van der Waals surface area contributed by atoms with Crippen molar-refractivity contribution < 1.29 is 32.4 Å². The maximum Gasteiger partial charge on any atom is 0.406 e. The highest BCUT2D eigenvalue weighted by atomic mass is 32.1. The third-order valence-electron chi connectivity index (χ3n) is 3.52. The lowest BCUT2D eigenvalue weighted by Crippen LogP contribution is -2.20. The summed E-state index contributed by atoms with van der Waals surface area (Å²) in [5, 5.41) is 10.3. The van der Waals surface area contributed by atoms with Crippen LogP contribution in [0.5, 0.6) is 0 Å². The van der Waals surface area contributed by atoms with Crippen molar-refractivity contribution >= 4 is 28.1 Å². The second-order valence-corrected chi connectivity index (χ2v) is 6.44. The summed E-state index contributed by atoms with van der Waals surface area (Å²) < 4.78 is 43.5. The molecule has 0 amide bonds. The van der Waals surface area contributed by atoms with Gasteiger partial charge in [0.05, 0.1) is 4.92 Å². The minimum Gasteiger partial charge on any atom is -0.453 e. The second kappa shape index (κ2) is 7.28. The Bertz CT molecular complexity index is 869. The summed E-state index contributed by atoms with van der Waals surface area (Å²) in [5.41, 5.74) is 0.396. The van der Waals surface area contributed by atoms with Crippen molar-refractivity contribution in [2.75, 3.05) is 6.61 Å². The summed E-state index contributed by atoms with van der Waals surface area (Å²) in [6.07, 6.45) is -4.44. The molecule has 0 aromatic carbocycles. The van der Waals surface area contributed by atoms with Gasteiger partial charge in [-0.3, -0.25) is 14.9 Å². The standard InChI is InChI=1S/C15H13F3N2O5S/c1-8-5-10(9(2)19(8)7-15(16,17)18)11(21)6-25-14(22)12-3-4-13(26-12)20(23)24/h3-5H,6-7H2,1-2H3. The Hall–Kier alpha value is -2.69. The van der Waals surface area contributed by atoms with Crippen molar-refractivity contribution in [1.82, 2.24) is 4.57 Å². The van der Waals surface area contributed by atoms with Crippen molar-refractivity contribution in [3.63, 3.8) is 0 Å². The van der Waals surface area contributed by atoms with E-state index in [-0.39, 0.29) is 26.8 Å². The lowest BCUT2D eigenvalue weighted by Gasteiger charge is -2.12. The van der Waals surface area contributed by atoms with Crippen LogP contribution in [0.3, 0.4) is 0 Å². The number of carbonyl (C=O) groups excluding carboxylic acids is 2. The van der Waals surface area contributed by atoms with E-state index < -0.39 is 36.0 Å². The van der Waals surface area contributed by atoms with Crippen LogP contribution < -0.4 is 0 Å². The van der Waals surface area contributed by atoms with Gasteiger partial charge in [-0.1, -0.05) is 11.3 Å². The first kappa shape index (κ1) is 19.6. The van der Waals surface area contributed by atoms with Crippen LogP contribution in [-0.2, 0) is 11.3 Å². The quantitative estimate of drug-likeness (QED) is 0.325. The van der Waals surface area contributed by atoms with Crippen LogP contribution >= 0.6 is 11.3 Å². The number of carbonyl (C=O) groups is 2. The highest BCUT2D eigenvalue weighted by Crippen LogP contribution is 2.25. The van der Waals surface area contributed by atoms with Crippen LogP contribution in [0.25, 0.3) is 0 Å². The summed E-state index contributed by atoms with van der Waals surface area (Å²) in [7, 11) is 0. The number of hydrogen-bond donors (Lipinski definition) is 0. The van der Waals surface area contributed by atoms with Gasteiger partial charge in [-0.25, -0.2) is 4.79 Å². The summed E-state index contributed by atoms with van der Waals surface area (Å²) in [6.45, 7) is 0.903.